The monoisotopic (exact) mass is 523 g/mol. The predicted octanol–water partition coefficient (Wildman–Crippen LogP) is 7.97. The van der Waals surface area contributed by atoms with E-state index in [1.165, 1.54) is 86.8 Å². The topological polar surface area (TPSA) is 38.8 Å². The van der Waals surface area contributed by atoms with Crippen LogP contribution in [0.25, 0.3) is 21.9 Å². The molecule has 1 aliphatic heterocycles. The zero-order chi connectivity index (χ0) is 26.6. The van der Waals surface area contributed by atoms with Gasteiger partial charge in [-0.2, -0.15) is 0 Å². The van der Waals surface area contributed by atoms with Crippen LogP contribution in [0, 0.1) is 17.8 Å². The number of esters is 1. The van der Waals surface area contributed by atoms with Gasteiger partial charge in [0.05, 0.1) is 12.7 Å². The van der Waals surface area contributed by atoms with Gasteiger partial charge in [-0.25, -0.2) is 4.79 Å². The molecule has 4 heteroatoms. The second-order valence-electron chi connectivity index (χ2n) is 13.0. The van der Waals surface area contributed by atoms with Crippen molar-refractivity contribution >= 4 is 16.7 Å². The summed E-state index contributed by atoms with van der Waals surface area (Å²) in [5.41, 5.74) is 4.61. The number of fused-ring (bicyclic) bond motifs is 1. The number of carbonyl (C=O) groups is 1. The van der Waals surface area contributed by atoms with Crippen LogP contribution in [0.4, 0.5) is 0 Å². The number of hydrogen-bond donors (Lipinski definition) is 0. The average Bonchev–Trinajstić information content (AvgIpc) is 2.96. The van der Waals surface area contributed by atoms with Crippen molar-refractivity contribution < 1.29 is 14.3 Å². The van der Waals surface area contributed by atoms with Crippen LogP contribution in [0.2, 0.25) is 0 Å². The highest BCUT2D eigenvalue weighted by molar-refractivity contribution is 5.99. The first-order chi connectivity index (χ1) is 19.0. The molecule has 3 aromatic rings. The summed E-state index contributed by atoms with van der Waals surface area (Å²) in [6, 6.07) is 19.3. The van der Waals surface area contributed by atoms with Crippen molar-refractivity contribution in [1.82, 2.24) is 4.90 Å². The number of ether oxygens (including phenoxy) is 2. The lowest BCUT2D eigenvalue weighted by Gasteiger charge is -2.57. The van der Waals surface area contributed by atoms with E-state index >= 15 is 0 Å². The molecular formula is C35H41NO3. The van der Waals surface area contributed by atoms with Gasteiger partial charge in [0.2, 0.25) is 0 Å². The van der Waals surface area contributed by atoms with Gasteiger partial charge < -0.3 is 9.47 Å². The van der Waals surface area contributed by atoms with Gasteiger partial charge in [0.1, 0.15) is 12.0 Å². The fourth-order valence-corrected chi connectivity index (χ4v) is 8.95. The molecular weight excluding hydrogens is 482 g/mol. The summed E-state index contributed by atoms with van der Waals surface area (Å²) in [4.78, 5) is 14.5. The zero-order valence-corrected chi connectivity index (χ0v) is 23.5. The van der Waals surface area contributed by atoms with Crippen molar-refractivity contribution in [3.8, 4) is 16.9 Å². The minimum absolute atomic E-state index is 0.0875. The fourth-order valence-electron chi connectivity index (χ4n) is 8.95. The maximum absolute atomic E-state index is 12.0. The molecule has 5 fully saturated rings. The van der Waals surface area contributed by atoms with E-state index in [-0.39, 0.29) is 17.6 Å². The van der Waals surface area contributed by atoms with E-state index in [1.807, 2.05) is 24.3 Å². The van der Waals surface area contributed by atoms with Crippen molar-refractivity contribution in [2.75, 3.05) is 20.2 Å². The molecule has 1 unspecified atom stereocenters. The summed E-state index contributed by atoms with van der Waals surface area (Å²) in [6.07, 6.45) is 12.2. The Morgan fingerprint density at radius 3 is 2.21 bits per heavy atom. The highest BCUT2D eigenvalue weighted by Gasteiger charge is 2.52. The molecule has 0 radical (unpaired) electrons. The van der Waals surface area contributed by atoms with E-state index in [1.54, 1.807) is 0 Å². The highest BCUT2D eigenvalue weighted by Crippen LogP contribution is 2.62. The molecule has 8 rings (SSSR count). The molecule has 0 N–H and O–H groups in total. The van der Waals surface area contributed by atoms with Crippen LogP contribution in [0.3, 0.4) is 0 Å². The zero-order valence-electron chi connectivity index (χ0n) is 23.5. The number of carbonyl (C=O) groups excluding carboxylic acids is 1. The van der Waals surface area contributed by atoms with Gasteiger partial charge in [-0.3, -0.25) is 4.90 Å². The molecule has 1 atom stereocenters. The fraction of sp³-hybridized carbons (Fsp3) is 0.514. The predicted molar refractivity (Wildman–Crippen MR) is 156 cm³/mol. The summed E-state index contributed by atoms with van der Waals surface area (Å²) in [6.45, 7) is 4.51. The lowest BCUT2D eigenvalue weighted by Crippen LogP contribution is -2.49. The van der Waals surface area contributed by atoms with E-state index in [9.17, 15) is 4.79 Å². The second kappa shape index (κ2) is 9.96. The Morgan fingerprint density at radius 2 is 1.56 bits per heavy atom. The van der Waals surface area contributed by atoms with Crippen molar-refractivity contribution in [3.63, 3.8) is 0 Å². The maximum atomic E-state index is 12.0. The van der Waals surface area contributed by atoms with Gasteiger partial charge >= 0.3 is 5.97 Å². The van der Waals surface area contributed by atoms with Crippen LogP contribution in [-0.2, 0) is 10.2 Å². The molecule has 5 aliphatic rings. The minimum Gasteiger partial charge on any atom is -0.475 e. The Bertz CT molecular complexity index is 1340. The number of likely N-dealkylation sites (tertiary alicyclic amines) is 1. The quantitative estimate of drug-likeness (QED) is 0.307. The first-order valence-corrected chi connectivity index (χ1v) is 15.2. The second-order valence-corrected chi connectivity index (χ2v) is 13.0. The number of nitrogens with zero attached hydrogens (tertiary/aromatic N) is 1. The van der Waals surface area contributed by atoms with Gasteiger partial charge in [-0.1, -0.05) is 36.8 Å². The van der Waals surface area contributed by atoms with Crippen LogP contribution >= 0.6 is 0 Å². The van der Waals surface area contributed by atoms with E-state index < -0.39 is 0 Å². The number of methoxy groups -OCH3 is 1. The first kappa shape index (κ1) is 25.1. The smallest absolute Gasteiger partial charge is 0.337 e. The van der Waals surface area contributed by atoms with Gasteiger partial charge in [-0.15, -0.1) is 0 Å². The third-order valence-corrected chi connectivity index (χ3v) is 10.4. The third-order valence-electron chi connectivity index (χ3n) is 10.4. The number of hydrogen-bond acceptors (Lipinski definition) is 4. The molecule has 4 nitrogen and oxygen atoms in total. The van der Waals surface area contributed by atoms with Crippen LogP contribution < -0.4 is 4.74 Å². The molecule has 0 amide bonds. The lowest BCUT2D eigenvalue weighted by atomic mass is 9.48. The highest BCUT2D eigenvalue weighted by atomic mass is 16.5. The standard InChI is InChI=1S/C35H41NO3/c1-23(36-13-4-3-5-14-36)39-33-18-29-7-6-8-30(27-9-11-28(12-10-27)34(37)38-2)31(29)19-32(33)35-20-24-15-25(21-35)17-26(16-24)22-35/h6-12,18-19,23-26H,3-5,13-17,20-22H2,1-2H3. The van der Waals surface area contributed by atoms with Crippen molar-refractivity contribution in [3.05, 3.63) is 65.7 Å². The summed E-state index contributed by atoms with van der Waals surface area (Å²) in [7, 11) is 1.43. The van der Waals surface area contributed by atoms with E-state index in [4.69, 9.17) is 9.47 Å². The SMILES string of the molecule is COC(=O)c1ccc(-c2cccc3cc(OC(C)N4CCCCC4)c(C45CC6CC(CC(C6)C4)C5)cc23)cc1. The Hall–Kier alpha value is -2.85. The molecule has 4 bridgehead atoms. The van der Waals surface area contributed by atoms with Crippen LogP contribution in [0.5, 0.6) is 5.75 Å². The Kier molecular flexibility index (Phi) is 6.42. The van der Waals surface area contributed by atoms with Crippen LogP contribution in [0.1, 0.15) is 80.6 Å². The Balaban J connectivity index is 1.33. The molecule has 4 saturated carbocycles. The summed E-state index contributed by atoms with van der Waals surface area (Å²) < 4.78 is 11.9. The minimum atomic E-state index is -0.298. The van der Waals surface area contributed by atoms with Crippen molar-refractivity contribution in [1.29, 1.82) is 0 Å². The molecule has 0 aromatic heterocycles. The van der Waals surface area contributed by atoms with Crippen LogP contribution in [-0.4, -0.2) is 37.3 Å². The van der Waals surface area contributed by atoms with E-state index in [0.29, 0.717) is 5.56 Å². The molecule has 3 aromatic carbocycles. The van der Waals surface area contributed by atoms with Gasteiger partial charge in [0, 0.05) is 18.7 Å². The number of rotatable bonds is 6. The molecule has 4 aliphatic carbocycles. The largest absolute Gasteiger partial charge is 0.475 e. The molecule has 204 valence electrons. The third kappa shape index (κ3) is 4.55. The van der Waals surface area contributed by atoms with Crippen molar-refractivity contribution in [2.24, 2.45) is 17.8 Å². The molecule has 39 heavy (non-hydrogen) atoms. The van der Waals surface area contributed by atoms with Gasteiger partial charge in [0.25, 0.3) is 0 Å². The Morgan fingerprint density at radius 1 is 0.897 bits per heavy atom. The van der Waals surface area contributed by atoms with Gasteiger partial charge in [0.15, 0.2) is 0 Å². The van der Waals surface area contributed by atoms with Crippen LogP contribution in [0.15, 0.2) is 54.6 Å². The Labute approximate surface area is 232 Å². The summed E-state index contributed by atoms with van der Waals surface area (Å²) in [5.74, 6) is 3.44. The number of benzene rings is 3. The lowest BCUT2D eigenvalue weighted by molar-refractivity contribution is -0.0110. The maximum Gasteiger partial charge on any atom is 0.337 e. The molecule has 0 spiro atoms. The molecule has 1 saturated heterocycles. The van der Waals surface area contributed by atoms with Crippen molar-refractivity contribution in [2.45, 2.75) is 76.4 Å². The average molecular weight is 524 g/mol. The first-order valence-electron chi connectivity index (χ1n) is 15.2. The van der Waals surface area contributed by atoms with Gasteiger partial charge in [-0.05, 0) is 128 Å². The molecule has 1 heterocycles. The summed E-state index contributed by atoms with van der Waals surface area (Å²) in [5, 5.41) is 2.51. The van der Waals surface area contributed by atoms with E-state index in [2.05, 4.69) is 42.2 Å². The van der Waals surface area contributed by atoms with E-state index in [0.717, 1.165) is 42.2 Å². The number of piperidine rings is 1. The normalized spacial score (nSPS) is 28.9. The summed E-state index contributed by atoms with van der Waals surface area (Å²) >= 11 is 0.